The van der Waals surface area contributed by atoms with Gasteiger partial charge in [0, 0.05) is 24.3 Å². The average Bonchev–Trinajstić information content (AvgIpc) is 3.20. The topological polar surface area (TPSA) is 67.1 Å². The third kappa shape index (κ3) is 4.22. The molecule has 30 heavy (non-hydrogen) atoms. The van der Waals surface area contributed by atoms with Gasteiger partial charge in [-0.05, 0) is 61.2 Å². The molecule has 1 amide bonds. The number of carbonyl (C=O) groups excluding carboxylic acids is 1. The quantitative estimate of drug-likeness (QED) is 0.492. The molecule has 0 spiro atoms. The number of hydrazone groups is 1. The molecule has 6 heteroatoms. The number of benzene rings is 2. The van der Waals surface area contributed by atoms with Gasteiger partial charge in [-0.2, -0.15) is 5.10 Å². The van der Waals surface area contributed by atoms with E-state index in [1.807, 2.05) is 12.1 Å². The second kappa shape index (κ2) is 8.86. The summed E-state index contributed by atoms with van der Waals surface area (Å²) >= 11 is 0. The fourth-order valence-electron chi connectivity index (χ4n) is 3.83. The van der Waals surface area contributed by atoms with Gasteiger partial charge in [0.25, 0.3) is 5.91 Å². The van der Waals surface area contributed by atoms with Gasteiger partial charge in [-0.1, -0.05) is 18.2 Å². The second-order valence-corrected chi connectivity index (χ2v) is 7.31. The van der Waals surface area contributed by atoms with Crippen molar-refractivity contribution >= 4 is 17.8 Å². The molecular weight excluding hydrogens is 378 g/mol. The Balaban J connectivity index is 1.50. The van der Waals surface area contributed by atoms with E-state index in [1.165, 1.54) is 17.5 Å². The number of methoxy groups -OCH3 is 1. The molecular formula is C24H25N3O3. The summed E-state index contributed by atoms with van der Waals surface area (Å²) in [7, 11) is 1.68. The fourth-order valence-corrected chi connectivity index (χ4v) is 3.83. The first kappa shape index (κ1) is 19.8. The van der Waals surface area contributed by atoms with Crippen molar-refractivity contribution in [2.75, 3.05) is 18.6 Å². The van der Waals surface area contributed by atoms with E-state index < -0.39 is 0 Å². The van der Waals surface area contributed by atoms with Gasteiger partial charge in [-0.15, -0.1) is 0 Å². The third-order valence-corrected chi connectivity index (χ3v) is 5.36. The highest BCUT2D eigenvalue weighted by Gasteiger charge is 2.18. The van der Waals surface area contributed by atoms with E-state index in [1.54, 1.807) is 26.3 Å². The molecule has 1 aliphatic rings. The maximum absolute atomic E-state index is 12.2. The van der Waals surface area contributed by atoms with Crippen LogP contribution in [0.4, 0.5) is 5.69 Å². The summed E-state index contributed by atoms with van der Waals surface area (Å²) < 4.78 is 10.7. The number of para-hydroxylation sites is 1. The highest BCUT2D eigenvalue weighted by Crippen LogP contribution is 2.30. The molecule has 4 rings (SSSR count). The van der Waals surface area contributed by atoms with Crippen LogP contribution < -0.4 is 15.1 Å². The molecule has 2 heterocycles. The van der Waals surface area contributed by atoms with Gasteiger partial charge in [0.15, 0.2) is 0 Å². The zero-order valence-corrected chi connectivity index (χ0v) is 17.2. The number of nitrogens with one attached hydrogen (secondary N) is 1. The first-order chi connectivity index (χ1) is 14.7. The molecule has 0 saturated carbocycles. The number of ether oxygens (including phenoxy) is 1. The first-order valence-electron chi connectivity index (χ1n) is 10.0. The third-order valence-electron chi connectivity index (χ3n) is 5.36. The van der Waals surface area contributed by atoms with Gasteiger partial charge >= 0.3 is 0 Å². The summed E-state index contributed by atoms with van der Waals surface area (Å²) in [6, 6.07) is 16.1. The SMILES string of the molecule is COc1ccc(C=NNC(=O)c2ccoc2C)cc1CN1CCCc2ccccc21. The Labute approximate surface area is 176 Å². The van der Waals surface area contributed by atoms with Crippen LogP contribution in [-0.4, -0.2) is 25.8 Å². The predicted octanol–water partition coefficient (Wildman–Crippen LogP) is 4.31. The van der Waals surface area contributed by atoms with E-state index >= 15 is 0 Å². The fraction of sp³-hybridized carbons (Fsp3) is 0.250. The summed E-state index contributed by atoms with van der Waals surface area (Å²) in [5, 5.41) is 4.10. The maximum Gasteiger partial charge on any atom is 0.274 e. The van der Waals surface area contributed by atoms with E-state index in [4.69, 9.17) is 9.15 Å². The lowest BCUT2D eigenvalue weighted by atomic mass is 10.0. The van der Waals surface area contributed by atoms with Crippen molar-refractivity contribution in [3.8, 4) is 5.75 Å². The van der Waals surface area contributed by atoms with E-state index in [2.05, 4.69) is 45.8 Å². The van der Waals surface area contributed by atoms with Crippen molar-refractivity contribution in [2.24, 2.45) is 5.10 Å². The smallest absolute Gasteiger partial charge is 0.274 e. The number of fused-ring (bicyclic) bond motifs is 1. The van der Waals surface area contributed by atoms with Gasteiger partial charge in [-0.25, -0.2) is 5.43 Å². The molecule has 2 aromatic carbocycles. The van der Waals surface area contributed by atoms with Gasteiger partial charge in [0.2, 0.25) is 0 Å². The number of rotatable bonds is 6. The van der Waals surface area contributed by atoms with Crippen LogP contribution in [-0.2, 0) is 13.0 Å². The minimum atomic E-state index is -0.295. The maximum atomic E-state index is 12.2. The van der Waals surface area contributed by atoms with Crippen molar-refractivity contribution < 1.29 is 13.9 Å². The molecule has 0 unspecified atom stereocenters. The van der Waals surface area contributed by atoms with Crippen molar-refractivity contribution in [2.45, 2.75) is 26.3 Å². The zero-order chi connectivity index (χ0) is 20.9. The highest BCUT2D eigenvalue weighted by molar-refractivity contribution is 5.95. The van der Waals surface area contributed by atoms with Crippen LogP contribution in [0.15, 0.2) is 64.3 Å². The van der Waals surface area contributed by atoms with Crippen LogP contribution >= 0.6 is 0 Å². The standard InChI is InChI=1S/C24H25N3O3/c1-17-21(11-13-30-17)24(28)26-25-15-18-9-10-23(29-2)20(14-18)16-27-12-5-7-19-6-3-4-8-22(19)27/h3-4,6,8-11,13-15H,5,7,12,16H2,1-2H3,(H,26,28). The van der Waals surface area contributed by atoms with Gasteiger partial charge in [0.05, 0.1) is 25.2 Å². The number of nitrogens with zero attached hydrogens (tertiary/aromatic N) is 2. The lowest BCUT2D eigenvalue weighted by Crippen LogP contribution is -2.29. The van der Waals surface area contributed by atoms with Crippen LogP contribution in [0.1, 0.15) is 39.2 Å². The minimum absolute atomic E-state index is 0.295. The molecule has 0 aliphatic carbocycles. The van der Waals surface area contributed by atoms with Gasteiger partial charge < -0.3 is 14.1 Å². The average molecular weight is 403 g/mol. The van der Waals surface area contributed by atoms with Crippen LogP contribution in [0, 0.1) is 6.92 Å². The highest BCUT2D eigenvalue weighted by atomic mass is 16.5. The number of hydrogen-bond acceptors (Lipinski definition) is 5. The van der Waals surface area contributed by atoms with Crippen LogP contribution in [0.25, 0.3) is 0 Å². The number of hydrogen-bond donors (Lipinski definition) is 1. The molecule has 0 saturated heterocycles. The Bertz CT molecular complexity index is 1070. The summed E-state index contributed by atoms with van der Waals surface area (Å²) in [5.41, 5.74) is 7.66. The molecule has 1 aliphatic heterocycles. The molecule has 0 radical (unpaired) electrons. The molecule has 1 aromatic heterocycles. The summed E-state index contributed by atoms with van der Waals surface area (Å²) in [6.45, 7) is 3.51. The Hall–Kier alpha value is -3.54. The molecule has 0 bridgehead atoms. The Morgan fingerprint density at radius 3 is 2.93 bits per heavy atom. The molecule has 1 N–H and O–H groups in total. The molecule has 0 atom stereocenters. The lowest BCUT2D eigenvalue weighted by Gasteiger charge is -2.31. The number of furan rings is 1. The summed E-state index contributed by atoms with van der Waals surface area (Å²) in [5.74, 6) is 1.11. The van der Waals surface area contributed by atoms with Crippen LogP contribution in [0.5, 0.6) is 5.75 Å². The minimum Gasteiger partial charge on any atom is -0.496 e. The Kier molecular flexibility index (Phi) is 5.84. The Morgan fingerprint density at radius 1 is 1.27 bits per heavy atom. The first-order valence-corrected chi connectivity index (χ1v) is 10.0. The van der Waals surface area contributed by atoms with E-state index in [0.717, 1.165) is 42.8 Å². The second-order valence-electron chi connectivity index (χ2n) is 7.31. The van der Waals surface area contributed by atoms with Gasteiger partial charge in [0.1, 0.15) is 11.5 Å². The van der Waals surface area contributed by atoms with Gasteiger partial charge in [-0.3, -0.25) is 4.79 Å². The monoisotopic (exact) mass is 403 g/mol. The van der Waals surface area contributed by atoms with Crippen LogP contribution in [0.3, 0.4) is 0 Å². The summed E-state index contributed by atoms with van der Waals surface area (Å²) in [6.07, 6.45) is 5.38. The predicted molar refractivity (Wildman–Crippen MR) is 117 cm³/mol. The lowest BCUT2D eigenvalue weighted by molar-refractivity contribution is 0.0953. The molecule has 3 aromatic rings. The van der Waals surface area contributed by atoms with E-state index in [-0.39, 0.29) is 5.91 Å². The summed E-state index contributed by atoms with van der Waals surface area (Å²) in [4.78, 5) is 14.5. The van der Waals surface area contributed by atoms with E-state index in [0.29, 0.717) is 11.3 Å². The number of amides is 1. The molecule has 154 valence electrons. The Morgan fingerprint density at radius 2 is 2.13 bits per heavy atom. The van der Waals surface area contributed by atoms with Crippen molar-refractivity contribution in [1.82, 2.24) is 5.43 Å². The number of anilines is 1. The normalized spacial score (nSPS) is 13.3. The van der Waals surface area contributed by atoms with Crippen LogP contribution in [0.2, 0.25) is 0 Å². The van der Waals surface area contributed by atoms with E-state index in [9.17, 15) is 4.79 Å². The van der Waals surface area contributed by atoms with Crippen molar-refractivity contribution in [3.63, 3.8) is 0 Å². The number of aryl methyl sites for hydroxylation is 2. The van der Waals surface area contributed by atoms with Crippen molar-refractivity contribution in [1.29, 1.82) is 0 Å². The van der Waals surface area contributed by atoms with Crippen molar-refractivity contribution in [3.05, 3.63) is 82.8 Å². The molecule has 0 fully saturated rings. The largest absolute Gasteiger partial charge is 0.496 e. The zero-order valence-electron chi connectivity index (χ0n) is 17.2. The number of carbonyl (C=O) groups is 1. The molecule has 6 nitrogen and oxygen atoms in total.